The second kappa shape index (κ2) is 4.19. The molecule has 0 heterocycles. The van der Waals surface area contributed by atoms with Gasteiger partial charge in [0, 0.05) is 12.8 Å². The van der Waals surface area contributed by atoms with Crippen LogP contribution in [-0.2, 0) is 12.8 Å². The topological polar surface area (TPSA) is 29.5 Å². The molecule has 0 fully saturated rings. The van der Waals surface area contributed by atoms with Crippen LogP contribution in [-0.4, -0.2) is 17.8 Å². The summed E-state index contributed by atoms with van der Waals surface area (Å²) in [5.41, 5.74) is 1.72. The third kappa shape index (κ3) is 2.05. The van der Waals surface area contributed by atoms with Crippen molar-refractivity contribution >= 4 is 0 Å². The van der Waals surface area contributed by atoms with E-state index in [0.717, 1.165) is 24.2 Å². The molecule has 1 aromatic rings. The zero-order valence-electron chi connectivity index (χ0n) is 9.49. The third-order valence-electron chi connectivity index (χ3n) is 3.22. The van der Waals surface area contributed by atoms with E-state index in [9.17, 15) is 5.11 Å². The Balaban J connectivity index is 2.28. The van der Waals surface area contributed by atoms with E-state index in [0.29, 0.717) is 12.8 Å². The van der Waals surface area contributed by atoms with E-state index in [4.69, 9.17) is 11.2 Å². The normalized spacial score (nSPS) is 23.3. The summed E-state index contributed by atoms with van der Waals surface area (Å²) >= 11 is 0. The summed E-state index contributed by atoms with van der Waals surface area (Å²) in [5.74, 6) is 3.39. The van der Waals surface area contributed by atoms with Crippen LogP contribution in [0.25, 0.3) is 0 Å². The monoisotopic (exact) mass is 216 g/mol. The molecule has 1 N–H and O–H groups in total. The van der Waals surface area contributed by atoms with Crippen molar-refractivity contribution in [2.45, 2.75) is 31.3 Å². The zero-order valence-corrected chi connectivity index (χ0v) is 9.49. The number of rotatable bonds is 2. The minimum Gasteiger partial charge on any atom is -0.497 e. The van der Waals surface area contributed by atoms with Crippen LogP contribution in [0, 0.1) is 12.3 Å². The van der Waals surface area contributed by atoms with Crippen LogP contribution in [0.3, 0.4) is 0 Å². The first kappa shape index (κ1) is 11.0. The molecule has 0 spiro atoms. The first-order valence-corrected chi connectivity index (χ1v) is 5.48. The molecule has 0 aromatic heterocycles. The lowest BCUT2D eigenvalue weighted by atomic mass is 9.79. The maximum absolute atomic E-state index is 10.3. The van der Waals surface area contributed by atoms with Crippen molar-refractivity contribution in [1.29, 1.82) is 0 Å². The molecule has 1 aromatic carbocycles. The summed E-state index contributed by atoms with van der Waals surface area (Å²) in [6.45, 7) is 0. The fourth-order valence-electron chi connectivity index (χ4n) is 2.29. The molecule has 2 rings (SSSR count). The van der Waals surface area contributed by atoms with E-state index in [-0.39, 0.29) is 0 Å². The van der Waals surface area contributed by atoms with Gasteiger partial charge in [0.1, 0.15) is 5.75 Å². The fraction of sp³-hybridized carbons (Fsp3) is 0.429. The van der Waals surface area contributed by atoms with Gasteiger partial charge in [0.15, 0.2) is 0 Å². The maximum Gasteiger partial charge on any atom is 0.119 e. The molecular weight excluding hydrogens is 200 g/mol. The van der Waals surface area contributed by atoms with Gasteiger partial charge < -0.3 is 9.84 Å². The minimum atomic E-state index is -0.728. The Morgan fingerprint density at radius 1 is 1.50 bits per heavy atom. The third-order valence-corrected chi connectivity index (χ3v) is 3.22. The van der Waals surface area contributed by atoms with Crippen LogP contribution in [0.2, 0.25) is 0 Å². The summed E-state index contributed by atoms with van der Waals surface area (Å²) in [7, 11) is 1.65. The Morgan fingerprint density at radius 2 is 2.31 bits per heavy atom. The van der Waals surface area contributed by atoms with Crippen LogP contribution >= 0.6 is 0 Å². The highest BCUT2D eigenvalue weighted by Crippen LogP contribution is 2.32. The molecule has 84 valence electrons. The number of benzene rings is 1. The lowest BCUT2D eigenvalue weighted by molar-refractivity contribution is 0.0315. The maximum atomic E-state index is 10.3. The van der Waals surface area contributed by atoms with E-state index in [1.54, 1.807) is 7.11 Å². The number of hydrogen-bond donors (Lipinski definition) is 1. The molecule has 16 heavy (non-hydrogen) atoms. The van der Waals surface area contributed by atoms with Gasteiger partial charge in [-0.3, -0.25) is 0 Å². The van der Waals surface area contributed by atoms with Crippen LogP contribution < -0.4 is 4.74 Å². The van der Waals surface area contributed by atoms with Crippen molar-refractivity contribution in [3.63, 3.8) is 0 Å². The number of methoxy groups -OCH3 is 1. The van der Waals surface area contributed by atoms with E-state index in [1.165, 1.54) is 5.56 Å². The summed E-state index contributed by atoms with van der Waals surface area (Å²) in [5, 5.41) is 10.3. The van der Waals surface area contributed by atoms with Crippen LogP contribution in [0.1, 0.15) is 24.0 Å². The highest BCUT2D eigenvalue weighted by atomic mass is 16.5. The molecule has 1 unspecified atom stereocenters. The van der Waals surface area contributed by atoms with E-state index < -0.39 is 5.60 Å². The number of fused-ring (bicyclic) bond motifs is 1. The van der Waals surface area contributed by atoms with Crippen LogP contribution in [0.15, 0.2) is 18.2 Å². The summed E-state index contributed by atoms with van der Waals surface area (Å²) in [6.07, 6.45) is 7.97. The Hall–Kier alpha value is -1.46. The first-order chi connectivity index (χ1) is 7.67. The SMILES string of the molecule is C#CCC1(O)CCc2ccc(OC)cc2C1. The quantitative estimate of drug-likeness (QED) is 0.765. The van der Waals surface area contributed by atoms with Gasteiger partial charge in [-0.15, -0.1) is 12.3 Å². The standard InChI is InChI=1S/C14H16O2/c1-3-7-14(15)8-6-11-4-5-13(16-2)9-12(11)10-14/h1,4-5,9,15H,6-8,10H2,2H3. The molecule has 0 saturated carbocycles. The molecule has 1 aliphatic carbocycles. The number of ether oxygens (including phenoxy) is 1. The second-order valence-corrected chi connectivity index (χ2v) is 4.42. The predicted octanol–water partition coefficient (Wildman–Crippen LogP) is 1.94. The van der Waals surface area contributed by atoms with Gasteiger partial charge in [0.05, 0.1) is 12.7 Å². The number of aliphatic hydroxyl groups is 1. The molecule has 2 heteroatoms. The average Bonchev–Trinajstić information content (AvgIpc) is 2.28. The molecule has 0 bridgehead atoms. The Labute approximate surface area is 96.3 Å². The Morgan fingerprint density at radius 3 is 3.00 bits per heavy atom. The van der Waals surface area contributed by atoms with Gasteiger partial charge in [0.2, 0.25) is 0 Å². The zero-order chi connectivity index (χ0) is 11.6. The highest BCUT2D eigenvalue weighted by molar-refractivity contribution is 5.38. The predicted molar refractivity (Wildman–Crippen MR) is 63.4 cm³/mol. The van der Waals surface area contributed by atoms with Gasteiger partial charge in [-0.2, -0.15) is 0 Å². The fourth-order valence-corrected chi connectivity index (χ4v) is 2.29. The number of terminal acetylenes is 1. The van der Waals surface area contributed by atoms with Gasteiger partial charge in [0.25, 0.3) is 0 Å². The summed E-state index contributed by atoms with van der Waals surface area (Å²) < 4.78 is 5.19. The molecule has 0 radical (unpaired) electrons. The lowest BCUT2D eigenvalue weighted by Crippen LogP contribution is -2.35. The van der Waals surface area contributed by atoms with Crippen molar-refractivity contribution in [1.82, 2.24) is 0 Å². The van der Waals surface area contributed by atoms with Crippen LogP contribution in [0.5, 0.6) is 5.75 Å². The largest absolute Gasteiger partial charge is 0.497 e. The first-order valence-electron chi connectivity index (χ1n) is 5.48. The van der Waals surface area contributed by atoms with Crippen LogP contribution in [0.4, 0.5) is 0 Å². The number of hydrogen-bond acceptors (Lipinski definition) is 2. The van der Waals surface area contributed by atoms with Crippen molar-refractivity contribution < 1.29 is 9.84 Å². The minimum absolute atomic E-state index is 0.420. The molecule has 1 atom stereocenters. The van der Waals surface area contributed by atoms with Gasteiger partial charge in [-0.1, -0.05) is 6.07 Å². The molecule has 0 amide bonds. The van der Waals surface area contributed by atoms with E-state index in [1.807, 2.05) is 12.1 Å². The van der Waals surface area contributed by atoms with Crippen molar-refractivity contribution in [3.05, 3.63) is 29.3 Å². The van der Waals surface area contributed by atoms with E-state index >= 15 is 0 Å². The molecule has 0 aliphatic heterocycles. The van der Waals surface area contributed by atoms with Crippen molar-refractivity contribution in [3.8, 4) is 18.1 Å². The van der Waals surface area contributed by atoms with Gasteiger partial charge >= 0.3 is 0 Å². The molecule has 1 aliphatic rings. The van der Waals surface area contributed by atoms with Gasteiger partial charge in [-0.05, 0) is 36.1 Å². The lowest BCUT2D eigenvalue weighted by Gasteiger charge is -2.32. The van der Waals surface area contributed by atoms with Gasteiger partial charge in [-0.25, -0.2) is 0 Å². The molecule has 0 saturated heterocycles. The van der Waals surface area contributed by atoms with E-state index in [2.05, 4.69) is 12.0 Å². The summed E-state index contributed by atoms with van der Waals surface area (Å²) in [6, 6.07) is 6.03. The summed E-state index contributed by atoms with van der Waals surface area (Å²) in [4.78, 5) is 0. The van der Waals surface area contributed by atoms with Crippen molar-refractivity contribution in [2.24, 2.45) is 0 Å². The Kier molecular flexibility index (Phi) is 2.89. The second-order valence-electron chi connectivity index (χ2n) is 4.42. The average molecular weight is 216 g/mol. The molecule has 2 nitrogen and oxygen atoms in total. The smallest absolute Gasteiger partial charge is 0.119 e. The number of aryl methyl sites for hydroxylation is 1. The van der Waals surface area contributed by atoms with Crippen molar-refractivity contribution in [2.75, 3.05) is 7.11 Å². The molecular formula is C14H16O2. The highest BCUT2D eigenvalue weighted by Gasteiger charge is 2.31. The Bertz CT molecular complexity index is 431.